The third kappa shape index (κ3) is 4.92. The van der Waals surface area contributed by atoms with Crippen LogP contribution in [0.25, 0.3) is 85.5 Å². The van der Waals surface area contributed by atoms with Gasteiger partial charge in [0, 0.05) is 36.6 Å². The number of thiophene rings is 1. The number of fused-ring (bicyclic) bond motifs is 8. The van der Waals surface area contributed by atoms with Gasteiger partial charge < -0.3 is 4.90 Å². The van der Waals surface area contributed by atoms with Gasteiger partial charge >= 0.3 is 0 Å². The standard InChI is InChI=1S/C52H33NS/c1-2-14-34(15-3-1)35-17-12-19-38(30-35)53(50-31-36-16-4-5-20-39(36)40-21-6-9-24-45(40)50)49-29-28-43(41-22-7-8-23-44(41)49)42-26-13-18-37-32-52-48(33-47(37)42)46-25-10-11-27-51(46)54-52/h1-33H. The molecule has 0 radical (unpaired) electrons. The molecule has 0 atom stereocenters. The van der Waals surface area contributed by atoms with E-state index in [9.17, 15) is 0 Å². The van der Waals surface area contributed by atoms with E-state index in [2.05, 4.69) is 205 Å². The molecule has 0 unspecified atom stereocenters. The van der Waals surface area contributed by atoms with Gasteiger partial charge in [0.2, 0.25) is 0 Å². The van der Waals surface area contributed by atoms with Gasteiger partial charge in [0.1, 0.15) is 0 Å². The Morgan fingerprint density at radius 1 is 0.296 bits per heavy atom. The molecule has 11 aromatic rings. The van der Waals surface area contributed by atoms with Crippen molar-refractivity contribution < 1.29 is 0 Å². The summed E-state index contributed by atoms with van der Waals surface area (Å²) in [7, 11) is 0. The second-order valence-corrected chi connectivity index (χ2v) is 15.1. The maximum absolute atomic E-state index is 2.48. The van der Waals surface area contributed by atoms with Crippen LogP contribution in [0.15, 0.2) is 200 Å². The average Bonchev–Trinajstić information content (AvgIpc) is 3.61. The Morgan fingerprint density at radius 2 is 0.907 bits per heavy atom. The molecule has 0 saturated heterocycles. The lowest BCUT2D eigenvalue weighted by molar-refractivity contribution is 1.32. The fourth-order valence-electron chi connectivity index (χ4n) is 8.53. The third-order valence-electron chi connectivity index (χ3n) is 11.0. The summed E-state index contributed by atoms with van der Waals surface area (Å²) >= 11 is 1.88. The first kappa shape index (κ1) is 30.8. The number of rotatable bonds is 5. The summed E-state index contributed by atoms with van der Waals surface area (Å²) in [5.41, 5.74) is 8.29. The lowest BCUT2D eigenvalue weighted by atomic mass is 9.92. The molecule has 0 saturated carbocycles. The summed E-state index contributed by atoms with van der Waals surface area (Å²) in [6.45, 7) is 0. The molecule has 252 valence electrons. The molecule has 1 aromatic heterocycles. The van der Waals surface area contributed by atoms with E-state index in [1.54, 1.807) is 0 Å². The van der Waals surface area contributed by atoms with Crippen LogP contribution in [0.4, 0.5) is 17.1 Å². The van der Waals surface area contributed by atoms with Crippen LogP contribution in [0.5, 0.6) is 0 Å². The summed E-state index contributed by atoms with van der Waals surface area (Å²) in [6.07, 6.45) is 0. The lowest BCUT2D eigenvalue weighted by Gasteiger charge is -2.29. The van der Waals surface area contributed by atoms with Crippen molar-refractivity contribution in [3.8, 4) is 22.3 Å². The van der Waals surface area contributed by atoms with E-state index in [4.69, 9.17) is 0 Å². The third-order valence-corrected chi connectivity index (χ3v) is 12.1. The van der Waals surface area contributed by atoms with E-state index in [0.717, 1.165) is 17.1 Å². The van der Waals surface area contributed by atoms with Crippen molar-refractivity contribution >= 4 is 91.7 Å². The monoisotopic (exact) mass is 703 g/mol. The average molecular weight is 704 g/mol. The second-order valence-electron chi connectivity index (χ2n) is 14.1. The van der Waals surface area contributed by atoms with Crippen LogP contribution in [-0.4, -0.2) is 0 Å². The molecule has 0 bridgehead atoms. The molecular formula is C52H33NS. The van der Waals surface area contributed by atoms with Gasteiger partial charge in [0.05, 0.1) is 11.4 Å². The van der Waals surface area contributed by atoms with Gasteiger partial charge in [-0.2, -0.15) is 0 Å². The molecule has 0 aliphatic carbocycles. The Morgan fingerprint density at radius 3 is 1.76 bits per heavy atom. The Hall–Kier alpha value is -6.74. The maximum Gasteiger partial charge on any atom is 0.0546 e. The summed E-state index contributed by atoms with van der Waals surface area (Å²) in [5, 5.41) is 12.6. The van der Waals surface area contributed by atoms with Crippen molar-refractivity contribution in [2.75, 3.05) is 4.90 Å². The molecule has 1 nitrogen and oxygen atoms in total. The summed E-state index contributed by atoms with van der Waals surface area (Å²) in [4.78, 5) is 2.48. The minimum Gasteiger partial charge on any atom is -0.309 e. The summed E-state index contributed by atoms with van der Waals surface area (Å²) < 4.78 is 2.66. The lowest BCUT2D eigenvalue weighted by Crippen LogP contribution is -2.11. The van der Waals surface area contributed by atoms with Gasteiger partial charge in [-0.05, 0) is 97.0 Å². The van der Waals surface area contributed by atoms with Gasteiger partial charge in [-0.1, -0.05) is 158 Å². The Kier molecular flexibility index (Phi) is 7.11. The highest BCUT2D eigenvalue weighted by molar-refractivity contribution is 7.25. The Labute approximate surface area is 317 Å². The summed E-state index contributed by atoms with van der Waals surface area (Å²) in [5.74, 6) is 0. The molecule has 0 spiro atoms. The molecule has 0 fully saturated rings. The van der Waals surface area contributed by atoms with Crippen LogP contribution in [0.3, 0.4) is 0 Å². The zero-order chi connectivity index (χ0) is 35.6. The normalized spacial score (nSPS) is 11.7. The molecular weight excluding hydrogens is 671 g/mol. The van der Waals surface area contributed by atoms with E-state index in [-0.39, 0.29) is 0 Å². The molecule has 10 aromatic carbocycles. The molecule has 0 aliphatic rings. The fourth-order valence-corrected chi connectivity index (χ4v) is 9.66. The van der Waals surface area contributed by atoms with Crippen LogP contribution in [-0.2, 0) is 0 Å². The second kappa shape index (κ2) is 12.4. The summed E-state index contributed by atoms with van der Waals surface area (Å²) in [6, 6.07) is 73.6. The number of hydrogen-bond donors (Lipinski definition) is 0. The Balaban J connectivity index is 1.18. The molecule has 0 amide bonds. The van der Waals surface area contributed by atoms with Crippen molar-refractivity contribution in [1.29, 1.82) is 0 Å². The van der Waals surface area contributed by atoms with Crippen molar-refractivity contribution in [3.63, 3.8) is 0 Å². The Bertz CT molecular complexity index is 3230. The highest BCUT2D eigenvalue weighted by Crippen LogP contribution is 2.47. The predicted octanol–water partition coefficient (Wildman–Crippen LogP) is 15.5. The van der Waals surface area contributed by atoms with E-state index in [1.165, 1.54) is 85.5 Å². The van der Waals surface area contributed by atoms with Crippen LogP contribution in [0.2, 0.25) is 0 Å². The SMILES string of the molecule is c1ccc(-c2cccc(N(c3ccc(-c4cccc5cc6sc7ccccc7c6cc45)c4ccccc34)c3cc4ccccc4c4ccccc34)c2)cc1. The highest BCUT2D eigenvalue weighted by atomic mass is 32.1. The maximum atomic E-state index is 2.48. The smallest absolute Gasteiger partial charge is 0.0546 e. The van der Waals surface area contributed by atoms with E-state index >= 15 is 0 Å². The fraction of sp³-hybridized carbons (Fsp3) is 0. The van der Waals surface area contributed by atoms with Crippen LogP contribution in [0.1, 0.15) is 0 Å². The number of hydrogen-bond acceptors (Lipinski definition) is 2. The quantitative estimate of drug-likeness (QED) is 0.161. The molecule has 1 heterocycles. The molecule has 11 rings (SSSR count). The van der Waals surface area contributed by atoms with Crippen molar-refractivity contribution in [2.45, 2.75) is 0 Å². The van der Waals surface area contributed by atoms with Crippen LogP contribution in [0, 0.1) is 0 Å². The molecule has 0 aliphatic heterocycles. The molecule has 54 heavy (non-hydrogen) atoms. The van der Waals surface area contributed by atoms with Crippen LogP contribution < -0.4 is 4.90 Å². The first-order valence-electron chi connectivity index (χ1n) is 18.5. The van der Waals surface area contributed by atoms with E-state index in [1.807, 2.05) is 11.3 Å². The number of anilines is 3. The van der Waals surface area contributed by atoms with Crippen molar-refractivity contribution in [2.24, 2.45) is 0 Å². The van der Waals surface area contributed by atoms with Crippen molar-refractivity contribution in [3.05, 3.63) is 200 Å². The van der Waals surface area contributed by atoms with Crippen molar-refractivity contribution in [1.82, 2.24) is 0 Å². The number of benzene rings is 10. The molecule has 2 heteroatoms. The van der Waals surface area contributed by atoms with Gasteiger partial charge in [-0.3, -0.25) is 0 Å². The number of nitrogens with zero attached hydrogens (tertiary/aromatic N) is 1. The zero-order valence-corrected chi connectivity index (χ0v) is 30.2. The van der Waals surface area contributed by atoms with Gasteiger partial charge in [-0.25, -0.2) is 0 Å². The first-order valence-corrected chi connectivity index (χ1v) is 19.3. The predicted molar refractivity (Wildman–Crippen MR) is 235 cm³/mol. The van der Waals surface area contributed by atoms with Crippen LogP contribution >= 0.6 is 11.3 Å². The highest BCUT2D eigenvalue weighted by Gasteiger charge is 2.21. The largest absolute Gasteiger partial charge is 0.309 e. The van der Waals surface area contributed by atoms with E-state index in [0.29, 0.717) is 0 Å². The van der Waals surface area contributed by atoms with Gasteiger partial charge in [-0.15, -0.1) is 11.3 Å². The first-order chi connectivity index (χ1) is 26.8. The topological polar surface area (TPSA) is 3.24 Å². The van der Waals surface area contributed by atoms with Gasteiger partial charge in [0.25, 0.3) is 0 Å². The molecule has 0 N–H and O–H groups in total. The van der Waals surface area contributed by atoms with Gasteiger partial charge in [0.15, 0.2) is 0 Å². The zero-order valence-electron chi connectivity index (χ0n) is 29.4. The van der Waals surface area contributed by atoms with E-state index < -0.39 is 0 Å². The minimum absolute atomic E-state index is 1.12. The minimum atomic E-state index is 1.12.